The van der Waals surface area contributed by atoms with Crippen molar-refractivity contribution in [3.63, 3.8) is 0 Å². The Morgan fingerprint density at radius 2 is 1.96 bits per heavy atom. The Bertz CT molecular complexity index is 871. The second kappa shape index (κ2) is 5.86. The van der Waals surface area contributed by atoms with Crippen molar-refractivity contribution in [1.82, 2.24) is 5.01 Å². The van der Waals surface area contributed by atoms with Crippen LogP contribution in [-0.4, -0.2) is 52.3 Å². The minimum atomic E-state index is -5.11. The molecule has 1 aromatic carbocycles. The molecular formula is C13H11ClF3N3O3S2. The molecule has 0 aromatic heterocycles. The zero-order chi connectivity index (χ0) is 18.6. The van der Waals surface area contributed by atoms with Gasteiger partial charge >= 0.3 is 6.18 Å². The molecule has 0 spiro atoms. The molecule has 1 aromatic rings. The van der Waals surface area contributed by atoms with E-state index in [0.29, 0.717) is 10.6 Å². The van der Waals surface area contributed by atoms with Crippen LogP contribution in [0.3, 0.4) is 0 Å². The lowest BCUT2D eigenvalue weighted by Gasteiger charge is -2.37. The van der Waals surface area contributed by atoms with E-state index in [1.165, 1.54) is 0 Å². The number of hydrogen-bond acceptors (Lipinski definition) is 7. The molecule has 0 fully saturated rings. The summed E-state index contributed by atoms with van der Waals surface area (Å²) in [7, 11) is -3.98. The number of rotatable bonds is 2. The van der Waals surface area contributed by atoms with Crippen molar-refractivity contribution in [3.05, 3.63) is 34.9 Å². The largest absolute Gasteiger partial charge is 0.438 e. The van der Waals surface area contributed by atoms with Crippen LogP contribution < -0.4 is 0 Å². The first kappa shape index (κ1) is 18.5. The Labute approximate surface area is 150 Å². The lowest BCUT2D eigenvalue weighted by atomic mass is 10.1. The van der Waals surface area contributed by atoms with E-state index in [2.05, 4.69) is 10.1 Å². The standard InChI is InChI=1S/C13H11ClF3N3O3S2/c1-25(22,23)9-6-12(21,13(15,16)17)18-11-20(9)19-10(24-11)7-2-4-8(14)5-3-7/h2-5,9,21H,6H2,1H3/t9-,12-/m1/s1. The number of fused-ring (bicyclic) bond motifs is 1. The summed E-state index contributed by atoms with van der Waals surface area (Å²) in [6.07, 6.45) is -5.48. The molecule has 3 rings (SSSR count). The van der Waals surface area contributed by atoms with Crippen LogP contribution in [0.25, 0.3) is 0 Å². The highest BCUT2D eigenvalue weighted by molar-refractivity contribution is 8.27. The van der Waals surface area contributed by atoms with Gasteiger partial charge in [0.25, 0.3) is 5.72 Å². The predicted octanol–water partition coefficient (Wildman–Crippen LogP) is 2.43. The van der Waals surface area contributed by atoms with Gasteiger partial charge in [-0.1, -0.05) is 23.7 Å². The smallest absolute Gasteiger partial charge is 0.362 e. The lowest BCUT2D eigenvalue weighted by Crippen LogP contribution is -2.55. The molecule has 0 radical (unpaired) electrons. The number of amidine groups is 1. The Morgan fingerprint density at radius 1 is 1.36 bits per heavy atom. The van der Waals surface area contributed by atoms with Gasteiger partial charge in [0.05, 0.1) is 0 Å². The van der Waals surface area contributed by atoms with Gasteiger partial charge in [-0.15, -0.1) is 0 Å². The van der Waals surface area contributed by atoms with Crippen LogP contribution in [0.5, 0.6) is 0 Å². The van der Waals surface area contributed by atoms with E-state index in [9.17, 15) is 26.7 Å². The van der Waals surface area contributed by atoms with Gasteiger partial charge in [0.15, 0.2) is 20.4 Å². The van der Waals surface area contributed by atoms with E-state index in [1.807, 2.05) is 0 Å². The molecule has 2 aliphatic heterocycles. The average Bonchev–Trinajstić information content (AvgIpc) is 2.88. The molecule has 2 aliphatic rings. The monoisotopic (exact) mass is 413 g/mol. The van der Waals surface area contributed by atoms with Crippen LogP contribution in [0.4, 0.5) is 13.2 Å². The van der Waals surface area contributed by atoms with Crippen molar-refractivity contribution >= 4 is 43.4 Å². The summed E-state index contributed by atoms with van der Waals surface area (Å²) in [5.41, 5.74) is -2.95. The second-order valence-electron chi connectivity index (χ2n) is 5.56. The normalized spacial score (nSPS) is 27.0. The van der Waals surface area contributed by atoms with E-state index in [0.717, 1.165) is 23.0 Å². The van der Waals surface area contributed by atoms with E-state index in [-0.39, 0.29) is 10.2 Å². The van der Waals surface area contributed by atoms with E-state index < -0.39 is 33.5 Å². The molecule has 25 heavy (non-hydrogen) atoms. The zero-order valence-electron chi connectivity index (χ0n) is 12.5. The quantitative estimate of drug-likeness (QED) is 0.805. The molecule has 0 bridgehead atoms. The van der Waals surface area contributed by atoms with Crippen molar-refractivity contribution in [2.24, 2.45) is 10.1 Å². The summed E-state index contributed by atoms with van der Waals surface area (Å²) in [4.78, 5) is 3.34. The second-order valence-corrected chi connectivity index (χ2v) is 9.15. The average molecular weight is 414 g/mol. The molecule has 1 N–H and O–H groups in total. The Kier molecular flexibility index (Phi) is 4.34. The molecule has 6 nitrogen and oxygen atoms in total. The number of aliphatic imine (C=N–C) groups is 1. The first-order valence-corrected chi connectivity index (χ1v) is 9.95. The molecule has 12 heteroatoms. The molecule has 0 amide bonds. The van der Waals surface area contributed by atoms with Gasteiger partial charge < -0.3 is 5.11 Å². The Hall–Kier alpha value is -1.30. The highest BCUT2D eigenvalue weighted by Gasteiger charge is 2.60. The maximum atomic E-state index is 13.2. The summed E-state index contributed by atoms with van der Waals surface area (Å²) >= 11 is 6.54. The first-order chi connectivity index (χ1) is 11.4. The first-order valence-electron chi connectivity index (χ1n) is 6.80. The third-order valence-corrected chi connectivity index (χ3v) is 6.21. The number of thioether (sulfide) groups is 1. The van der Waals surface area contributed by atoms with Gasteiger partial charge in [-0.3, -0.25) is 0 Å². The number of aliphatic hydroxyl groups is 1. The topological polar surface area (TPSA) is 82.3 Å². The van der Waals surface area contributed by atoms with Crippen LogP contribution in [0, 0.1) is 0 Å². The van der Waals surface area contributed by atoms with Gasteiger partial charge in [-0.05, 0) is 23.9 Å². The number of hydrazone groups is 1. The number of sulfone groups is 1. The summed E-state index contributed by atoms with van der Waals surface area (Å²) in [6, 6.07) is 6.33. The van der Waals surface area contributed by atoms with Crippen molar-refractivity contribution in [2.75, 3.05) is 6.26 Å². The number of benzene rings is 1. The molecule has 0 aliphatic carbocycles. The molecule has 0 saturated heterocycles. The number of halogens is 4. The molecule has 0 unspecified atom stereocenters. The van der Waals surface area contributed by atoms with Gasteiger partial charge in [-0.2, -0.15) is 18.3 Å². The van der Waals surface area contributed by atoms with Crippen molar-refractivity contribution in [2.45, 2.75) is 23.7 Å². The molecule has 2 atom stereocenters. The lowest BCUT2D eigenvalue weighted by molar-refractivity contribution is -0.262. The predicted molar refractivity (Wildman–Crippen MR) is 89.1 cm³/mol. The molecule has 2 heterocycles. The van der Waals surface area contributed by atoms with Crippen LogP contribution in [0.15, 0.2) is 34.4 Å². The highest BCUT2D eigenvalue weighted by Crippen LogP contribution is 2.44. The van der Waals surface area contributed by atoms with Gasteiger partial charge in [0.2, 0.25) is 0 Å². The van der Waals surface area contributed by atoms with Gasteiger partial charge in [0, 0.05) is 23.3 Å². The number of alkyl halides is 3. The van der Waals surface area contributed by atoms with E-state index in [4.69, 9.17) is 11.6 Å². The van der Waals surface area contributed by atoms with Gasteiger partial charge in [0.1, 0.15) is 5.04 Å². The molecule has 136 valence electrons. The number of nitrogens with zero attached hydrogens (tertiary/aromatic N) is 3. The van der Waals surface area contributed by atoms with Crippen molar-refractivity contribution in [3.8, 4) is 0 Å². The van der Waals surface area contributed by atoms with E-state index in [1.54, 1.807) is 24.3 Å². The van der Waals surface area contributed by atoms with Crippen molar-refractivity contribution in [1.29, 1.82) is 0 Å². The highest BCUT2D eigenvalue weighted by atomic mass is 35.5. The van der Waals surface area contributed by atoms with Crippen molar-refractivity contribution < 1.29 is 26.7 Å². The Morgan fingerprint density at radius 3 is 2.48 bits per heavy atom. The summed E-state index contributed by atoms with van der Waals surface area (Å²) < 4.78 is 63.5. The molecule has 0 saturated carbocycles. The maximum Gasteiger partial charge on any atom is 0.438 e. The SMILES string of the molecule is CS(=O)(=O)[C@@H]1C[C@@](O)(C(F)(F)F)N=C2SC(c3ccc(Cl)cc3)=NN21. The fourth-order valence-electron chi connectivity index (χ4n) is 2.31. The third-order valence-electron chi connectivity index (χ3n) is 3.63. The maximum absolute atomic E-state index is 13.2. The Balaban J connectivity index is 2.06. The van der Waals surface area contributed by atoms with Crippen LogP contribution in [0.2, 0.25) is 5.02 Å². The summed E-state index contributed by atoms with van der Waals surface area (Å²) in [5, 5.41) is 13.6. The van der Waals surface area contributed by atoms with Crippen LogP contribution >= 0.6 is 23.4 Å². The third kappa shape index (κ3) is 3.37. The minimum absolute atomic E-state index is 0.260. The summed E-state index contributed by atoms with van der Waals surface area (Å²) in [6.45, 7) is 0. The fourth-order valence-corrected chi connectivity index (χ4v) is 4.56. The zero-order valence-corrected chi connectivity index (χ0v) is 14.9. The minimum Gasteiger partial charge on any atom is -0.362 e. The van der Waals surface area contributed by atoms with Crippen LogP contribution in [0.1, 0.15) is 12.0 Å². The number of hydrogen-bond donors (Lipinski definition) is 1. The van der Waals surface area contributed by atoms with Crippen LogP contribution in [-0.2, 0) is 9.84 Å². The fraction of sp³-hybridized carbons (Fsp3) is 0.385. The van der Waals surface area contributed by atoms with E-state index >= 15 is 0 Å². The summed E-state index contributed by atoms with van der Waals surface area (Å²) in [5.74, 6) is 0. The molecular weight excluding hydrogens is 403 g/mol. The van der Waals surface area contributed by atoms with Gasteiger partial charge in [-0.25, -0.2) is 18.4 Å².